The number of fused-ring (bicyclic) bond motifs is 1. The van der Waals surface area contributed by atoms with Crippen molar-refractivity contribution in [1.82, 2.24) is 15.3 Å². The summed E-state index contributed by atoms with van der Waals surface area (Å²) in [4.78, 5) is 20.6. The number of H-pyrrole nitrogens is 1. The second kappa shape index (κ2) is 6.11. The molecular weight excluding hydrogens is 298 g/mol. The SMILES string of the molecule is Cc1ccc2nc(C(NC(=O)C(C)(C)C)c3ccccc3)[nH]c2c1. The van der Waals surface area contributed by atoms with Crippen LogP contribution in [0, 0.1) is 12.3 Å². The molecule has 1 amide bonds. The fourth-order valence-electron chi connectivity index (χ4n) is 2.58. The van der Waals surface area contributed by atoms with E-state index in [-0.39, 0.29) is 11.9 Å². The molecule has 2 aromatic carbocycles. The molecular formula is C20H23N3O. The molecule has 0 fully saturated rings. The maximum Gasteiger partial charge on any atom is 0.226 e. The fourth-order valence-corrected chi connectivity index (χ4v) is 2.58. The minimum Gasteiger partial charge on any atom is -0.342 e. The number of benzene rings is 2. The van der Waals surface area contributed by atoms with Gasteiger partial charge in [-0.3, -0.25) is 4.79 Å². The average molecular weight is 321 g/mol. The smallest absolute Gasteiger partial charge is 0.226 e. The number of aryl methyl sites for hydroxylation is 1. The minimum atomic E-state index is -0.463. The third-order valence-corrected chi connectivity index (χ3v) is 4.02. The first kappa shape index (κ1) is 16.2. The van der Waals surface area contributed by atoms with Crippen LogP contribution in [0.4, 0.5) is 0 Å². The van der Waals surface area contributed by atoms with Crippen molar-refractivity contribution in [2.24, 2.45) is 5.41 Å². The van der Waals surface area contributed by atoms with Gasteiger partial charge in [-0.15, -0.1) is 0 Å². The monoisotopic (exact) mass is 321 g/mol. The van der Waals surface area contributed by atoms with Crippen LogP contribution in [0.25, 0.3) is 11.0 Å². The molecule has 0 saturated heterocycles. The molecule has 0 aliphatic carbocycles. The zero-order valence-corrected chi connectivity index (χ0v) is 14.6. The van der Waals surface area contributed by atoms with E-state index >= 15 is 0 Å². The van der Waals surface area contributed by atoms with E-state index in [0.29, 0.717) is 0 Å². The normalized spacial score (nSPS) is 13.0. The Kier molecular flexibility index (Phi) is 4.14. The Balaban J connectivity index is 2.04. The molecule has 3 rings (SSSR count). The van der Waals surface area contributed by atoms with Crippen molar-refractivity contribution in [2.45, 2.75) is 33.7 Å². The van der Waals surface area contributed by atoms with Gasteiger partial charge in [0.15, 0.2) is 0 Å². The first-order chi connectivity index (χ1) is 11.3. The van der Waals surface area contributed by atoms with Crippen LogP contribution >= 0.6 is 0 Å². The molecule has 0 bridgehead atoms. The second-order valence-electron chi connectivity index (χ2n) is 7.21. The number of nitrogens with zero attached hydrogens (tertiary/aromatic N) is 1. The maximum absolute atomic E-state index is 12.5. The van der Waals surface area contributed by atoms with Gasteiger partial charge < -0.3 is 10.3 Å². The number of carbonyl (C=O) groups is 1. The number of carbonyl (C=O) groups excluding carboxylic acids is 1. The average Bonchev–Trinajstić information content (AvgIpc) is 2.94. The zero-order chi connectivity index (χ0) is 17.3. The molecule has 4 nitrogen and oxygen atoms in total. The van der Waals surface area contributed by atoms with Crippen molar-refractivity contribution in [3.8, 4) is 0 Å². The van der Waals surface area contributed by atoms with Gasteiger partial charge in [-0.05, 0) is 30.2 Å². The number of hydrogen-bond acceptors (Lipinski definition) is 2. The third kappa shape index (κ3) is 3.32. The summed E-state index contributed by atoms with van der Waals surface area (Å²) in [6.07, 6.45) is 0. The third-order valence-electron chi connectivity index (χ3n) is 4.02. The molecule has 0 aliphatic rings. The number of nitrogens with one attached hydrogen (secondary N) is 2. The number of aromatic amines is 1. The van der Waals surface area contributed by atoms with Crippen LogP contribution in [0.5, 0.6) is 0 Å². The number of aromatic nitrogens is 2. The van der Waals surface area contributed by atoms with Crippen LogP contribution in [0.15, 0.2) is 48.5 Å². The van der Waals surface area contributed by atoms with Gasteiger partial charge in [0, 0.05) is 5.41 Å². The molecule has 4 heteroatoms. The summed E-state index contributed by atoms with van der Waals surface area (Å²) in [5.74, 6) is 0.743. The maximum atomic E-state index is 12.5. The highest BCUT2D eigenvalue weighted by Crippen LogP contribution is 2.25. The first-order valence-electron chi connectivity index (χ1n) is 8.17. The molecule has 1 unspecified atom stereocenters. The zero-order valence-electron chi connectivity index (χ0n) is 14.6. The van der Waals surface area contributed by atoms with E-state index in [0.717, 1.165) is 22.4 Å². The summed E-state index contributed by atoms with van der Waals surface area (Å²) < 4.78 is 0. The summed E-state index contributed by atoms with van der Waals surface area (Å²) in [6, 6.07) is 15.7. The molecule has 124 valence electrons. The van der Waals surface area contributed by atoms with Crippen LogP contribution in [0.1, 0.15) is 43.8 Å². The lowest BCUT2D eigenvalue weighted by molar-refractivity contribution is -0.129. The predicted octanol–water partition coefficient (Wildman–Crippen LogP) is 4.12. The molecule has 2 N–H and O–H groups in total. The second-order valence-corrected chi connectivity index (χ2v) is 7.21. The molecule has 0 spiro atoms. The lowest BCUT2D eigenvalue weighted by Crippen LogP contribution is -2.38. The number of rotatable bonds is 3. The van der Waals surface area contributed by atoms with Gasteiger partial charge in [0.05, 0.1) is 11.0 Å². The number of amides is 1. The van der Waals surface area contributed by atoms with E-state index < -0.39 is 5.41 Å². The van der Waals surface area contributed by atoms with Crippen molar-refractivity contribution in [2.75, 3.05) is 0 Å². The van der Waals surface area contributed by atoms with Gasteiger partial charge in [0.1, 0.15) is 11.9 Å². The van der Waals surface area contributed by atoms with E-state index in [1.165, 1.54) is 5.56 Å². The summed E-state index contributed by atoms with van der Waals surface area (Å²) in [7, 11) is 0. The molecule has 3 aromatic rings. The van der Waals surface area contributed by atoms with Crippen molar-refractivity contribution < 1.29 is 4.79 Å². The van der Waals surface area contributed by atoms with E-state index in [1.807, 2.05) is 63.2 Å². The van der Waals surface area contributed by atoms with Gasteiger partial charge in [-0.2, -0.15) is 0 Å². The molecule has 0 aliphatic heterocycles. The minimum absolute atomic E-state index is 0.00649. The Morgan fingerprint density at radius 1 is 1.12 bits per heavy atom. The lowest BCUT2D eigenvalue weighted by Gasteiger charge is -2.23. The van der Waals surface area contributed by atoms with Crippen molar-refractivity contribution in [1.29, 1.82) is 0 Å². The van der Waals surface area contributed by atoms with Crippen LogP contribution in [-0.2, 0) is 4.79 Å². The van der Waals surface area contributed by atoms with E-state index in [9.17, 15) is 4.79 Å². The topological polar surface area (TPSA) is 57.8 Å². The van der Waals surface area contributed by atoms with Crippen molar-refractivity contribution in [3.63, 3.8) is 0 Å². The van der Waals surface area contributed by atoms with E-state index in [1.54, 1.807) is 0 Å². The van der Waals surface area contributed by atoms with E-state index in [4.69, 9.17) is 4.98 Å². The van der Waals surface area contributed by atoms with Gasteiger partial charge in [0.2, 0.25) is 5.91 Å². The van der Waals surface area contributed by atoms with Crippen LogP contribution in [0.2, 0.25) is 0 Å². The largest absolute Gasteiger partial charge is 0.342 e. The van der Waals surface area contributed by atoms with Crippen molar-refractivity contribution >= 4 is 16.9 Å². The lowest BCUT2D eigenvalue weighted by atomic mass is 9.94. The molecule has 1 heterocycles. The fraction of sp³-hybridized carbons (Fsp3) is 0.300. The number of imidazole rings is 1. The van der Waals surface area contributed by atoms with Crippen LogP contribution < -0.4 is 5.32 Å². The Bertz CT molecular complexity index is 859. The van der Waals surface area contributed by atoms with Gasteiger partial charge >= 0.3 is 0 Å². The molecule has 1 aromatic heterocycles. The summed E-state index contributed by atoms with van der Waals surface area (Å²) in [6.45, 7) is 7.78. The first-order valence-corrected chi connectivity index (χ1v) is 8.17. The van der Waals surface area contributed by atoms with Gasteiger partial charge in [-0.25, -0.2) is 4.98 Å². The quantitative estimate of drug-likeness (QED) is 0.762. The molecule has 0 radical (unpaired) electrons. The van der Waals surface area contributed by atoms with Gasteiger partial charge in [-0.1, -0.05) is 57.2 Å². The highest BCUT2D eigenvalue weighted by molar-refractivity contribution is 5.82. The molecule has 1 atom stereocenters. The molecule has 24 heavy (non-hydrogen) atoms. The Hall–Kier alpha value is -2.62. The van der Waals surface area contributed by atoms with Crippen LogP contribution in [-0.4, -0.2) is 15.9 Å². The highest BCUT2D eigenvalue weighted by Gasteiger charge is 2.27. The molecule has 0 saturated carbocycles. The van der Waals surface area contributed by atoms with Crippen LogP contribution in [0.3, 0.4) is 0 Å². The number of hydrogen-bond donors (Lipinski definition) is 2. The Morgan fingerprint density at radius 2 is 1.83 bits per heavy atom. The summed E-state index contributed by atoms with van der Waals surface area (Å²) in [5, 5.41) is 3.13. The van der Waals surface area contributed by atoms with Crippen molar-refractivity contribution in [3.05, 3.63) is 65.5 Å². The van der Waals surface area contributed by atoms with Gasteiger partial charge in [0.25, 0.3) is 0 Å². The summed E-state index contributed by atoms with van der Waals surface area (Å²) in [5.41, 5.74) is 3.60. The highest BCUT2D eigenvalue weighted by atomic mass is 16.2. The predicted molar refractivity (Wildman–Crippen MR) is 96.7 cm³/mol. The standard InChI is InChI=1S/C20H23N3O/c1-13-10-11-15-16(12-13)22-18(21-15)17(14-8-6-5-7-9-14)23-19(24)20(2,3)4/h5-12,17H,1-4H3,(H,21,22)(H,23,24). The summed E-state index contributed by atoms with van der Waals surface area (Å²) >= 11 is 0. The van der Waals surface area contributed by atoms with E-state index in [2.05, 4.69) is 23.3 Å². The Labute approximate surface area is 142 Å². The Morgan fingerprint density at radius 3 is 2.50 bits per heavy atom.